The van der Waals surface area contributed by atoms with E-state index < -0.39 is 5.54 Å². The molecule has 92 valence electrons. The molecular weight excluding hydrogens is 224 g/mol. The number of nitrogens with two attached hydrogens (primary N) is 1. The summed E-state index contributed by atoms with van der Waals surface area (Å²) in [5, 5.41) is 0. The zero-order valence-corrected chi connectivity index (χ0v) is 10.5. The fourth-order valence-electron chi connectivity index (χ4n) is 2.09. The van der Waals surface area contributed by atoms with Gasteiger partial charge >= 0.3 is 0 Å². The summed E-state index contributed by atoms with van der Waals surface area (Å²) < 4.78 is 0. The predicted octanol–water partition coefficient (Wildman–Crippen LogP) is 1.88. The largest absolute Gasteiger partial charge is 0.334 e. The molecule has 0 atom stereocenters. The van der Waals surface area contributed by atoms with Gasteiger partial charge in [0.1, 0.15) is 0 Å². The number of carbonyl (C=O) groups is 1. The number of rotatable bonds is 5. The normalized spacial score (nSPS) is 17.3. The van der Waals surface area contributed by atoms with Crippen molar-refractivity contribution in [1.82, 2.24) is 4.90 Å². The molecule has 2 N–H and O–H groups in total. The summed E-state index contributed by atoms with van der Waals surface area (Å²) in [6.07, 6.45) is 7.16. The Labute approximate surface area is 104 Å². The Morgan fingerprint density at radius 1 is 1.25 bits per heavy atom. The number of halogens is 1. The monoisotopic (exact) mass is 244 g/mol. The van der Waals surface area contributed by atoms with E-state index in [2.05, 4.69) is 13.2 Å². The van der Waals surface area contributed by atoms with Crippen LogP contribution in [0.3, 0.4) is 0 Å². The van der Waals surface area contributed by atoms with Crippen molar-refractivity contribution in [2.75, 3.05) is 13.1 Å². The molecule has 1 aliphatic carbocycles. The Bertz CT molecular complexity index is 250. The van der Waals surface area contributed by atoms with Gasteiger partial charge in [0.15, 0.2) is 0 Å². The summed E-state index contributed by atoms with van der Waals surface area (Å²) >= 11 is 0. The van der Waals surface area contributed by atoms with Gasteiger partial charge in [-0.05, 0) is 12.8 Å². The summed E-state index contributed by atoms with van der Waals surface area (Å²) in [7, 11) is 0. The predicted molar refractivity (Wildman–Crippen MR) is 69.6 cm³/mol. The molecule has 1 rings (SSSR count). The van der Waals surface area contributed by atoms with Gasteiger partial charge in [-0.25, -0.2) is 0 Å². The minimum Gasteiger partial charge on any atom is -0.334 e. The molecule has 0 unspecified atom stereocenters. The third-order valence-corrected chi connectivity index (χ3v) is 2.91. The third-order valence-electron chi connectivity index (χ3n) is 2.91. The van der Waals surface area contributed by atoms with Crippen LogP contribution in [0.5, 0.6) is 0 Å². The zero-order chi connectivity index (χ0) is 11.3. The van der Waals surface area contributed by atoms with Gasteiger partial charge in [0, 0.05) is 13.1 Å². The van der Waals surface area contributed by atoms with Gasteiger partial charge in [-0.15, -0.1) is 25.6 Å². The maximum atomic E-state index is 12.2. The van der Waals surface area contributed by atoms with Crippen LogP contribution in [0.4, 0.5) is 0 Å². The second-order valence-corrected chi connectivity index (χ2v) is 4.15. The van der Waals surface area contributed by atoms with Crippen LogP contribution in [0.1, 0.15) is 25.7 Å². The van der Waals surface area contributed by atoms with Crippen molar-refractivity contribution >= 4 is 18.3 Å². The minimum atomic E-state index is -0.633. The van der Waals surface area contributed by atoms with Crippen molar-refractivity contribution in [3.05, 3.63) is 25.3 Å². The fourth-order valence-corrected chi connectivity index (χ4v) is 2.09. The summed E-state index contributed by atoms with van der Waals surface area (Å²) in [5.74, 6) is 0.0415. The lowest BCUT2D eigenvalue weighted by Crippen LogP contribution is -2.53. The van der Waals surface area contributed by atoms with E-state index >= 15 is 0 Å². The van der Waals surface area contributed by atoms with Gasteiger partial charge in [0.2, 0.25) is 5.91 Å². The van der Waals surface area contributed by atoms with E-state index in [1.165, 1.54) is 0 Å². The maximum Gasteiger partial charge on any atom is 0.243 e. The van der Waals surface area contributed by atoms with Gasteiger partial charge in [0.05, 0.1) is 5.54 Å². The van der Waals surface area contributed by atoms with Crippen LogP contribution >= 0.6 is 12.4 Å². The van der Waals surface area contributed by atoms with E-state index in [-0.39, 0.29) is 18.3 Å². The number of nitrogens with zero attached hydrogens (tertiary/aromatic N) is 1. The third kappa shape index (κ3) is 3.35. The molecule has 0 aliphatic heterocycles. The molecule has 0 heterocycles. The van der Waals surface area contributed by atoms with Crippen molar-refractivity contribution in [2.45, 2.75) is 31.2 Å². The molecule has 4 heteroatoms. The quantitative estimate of drug-likeness (QED) is 0.751. The Kier molecular flexibility index (Phi) is 6.38. The van der Waals surface area contributed by atoms with Crippen molar-refractivity contribution in [1.29, 1.82) is 0 Å². The first-order valence-corrected chi connectivity index (χ1v) is 5.44. The zero-order valence-electron chi connectivity index (χ0n) is 9.65. The van der Waals surface area contributed by atoms with Crippen LogP contribution < -0.4 is 5.73 Å². The first-order chi connectivity index (χ1) is 7.14. The molecule has 1 saturated carbocycles. The Morgan fingerprint density at radius 2 is 1.69 bits per heavy atom. The second kappa shape index (κ2) is 6.71. The first-order valence-electron chi connectivity index (χ1n) is 5.44. The highest BCUT2D eigenvalue weighted by Crippen LogP contribution is 2.28. The molecule has 0 saturated heterocycles. The maximum absolute atomic E-state index is 12.2. The fraction of sp³-hybridized carbons (Fsp3) is 0.583. The summed E-state index contributed by atoms with van der Waals surface area (Å²) in [4.78, 5) is 13.9. The van der Waals surface area contributed by atoms with Crippen LogP contribution in [0, 0.1) is 0 Å². The highest BCUT2D eigenvalue weighted by Gasteiger charge is 2.39. The molecule has 0 aromatic heterocycles. The molecule has 1 aliphatic rings. The lowest BCUT2D eigenvalue weighted by Gasteiger charge is -2.30. The highest BCUT2D eigenvalue weighted by molar-refractivity contribution is 5.86. The molecule has 0 spiro atoms. The molecule has 1 fully saturated rings. The average Bonchev–Trinajstić information content (AvgIpc) is 2.65. The molecule has 0 bridgehead atoms. The van der Waals surface area contributed by atoms with E-state index in [9.17, 15) is 4.79 Å². The van der Waals surface area contributed by atoms with E-state index in [0.29, 0.717) is 13.1 Å². The van der Waals surface area contributed by atoms with Crippen molar-refractivity contribution in [3.8, 4) is 0 Å². The SMILES string of the molecule is C=CCN(CC=C)C(=O)C1(N)CCCC1.Cl. The minimum absolute atomic E-state index is 0. The first kappa shape index (κ1) is 15.2. The van der Waals surface area contributed by atoms with E-state index in [1.54, 1.807) is 17.1 Å². The highest BCUT2D eigenvalue weighted by atomic mass is 35.5. The average molecular weight is 245 g/mol. The Balaban J connectivity index is 0.00000225. The molecule has 0 aromatic rings. The number of carbonyl (C=O) groups excluding carboxylic acids is 1. The van der Waals surface area contributed by atoms with Gasteiger partial charge in [-0.3, -0.25) is 4.79 Å². The van der Waals surface area contributed by atoms with Gasteiger partial charge in [-0.1, -0.05) is 25.0 Å². The number of hydrogen-bond donors (Lipinski definition) is 1. The van der Waals surface area contributed by atoms with E-state index in [4.69, 9.17) is 5.73 Å². The molecule has 3 nitrogen and oxygen atoms in total. The van der Waals surface area contributed by atoms with Crippen LogP contribution in [0.2, 0.25) is 0 Å². The van der Waals surface area contributed by atoms with Crippen LogP contribution in [0.25, 0.3) is 0 Å². The number of amides is 1. The summed E-state index contributed by atoms with van der Waals surface area (Å²) in [6.45, 7) is 8.38. The molecule has 0 radical (unpaired) electrons. The molecule has 0 aromatic carbocycles. The Morgan fingerprint density at radius 3 is 2.06 bits per heavy atom. The van der Waals surface area contributed by atoms with E-state index in [0.717, 1.165) is 25.7 Å². The van der Waals surface area contributed by atoms with Crippen molar-refractivity contribution in [3.63, 3.8) is 0 Å². The summed E-state index contributed by atoms with van der Waals surface area (Å²) in [5.41, 5.74) is 5.47. The topological polar surface area (TPSA) is 46.3 Å². The Hall–Kier alpha value is -0.800. The van der Waals surface area contributed by atoms with E-state index in [1.807, 2.05) is 0 Å². The summed E-state index contributed by atoms with van der Waals surface area (Å²) in [6, 6.07) is 0. The van der Waals surface area contributed by atoms with Gasteiger partial charge in [0.25, 0.3) is 0 Å². The second-order valence-electron chi connectivity index (χ2n) is 4.15. The lowest BCUT2D eigenvalue weighted by atomic mass is 9.97. The van der Waals surface area contributed by atoms with Gasteiger partial charge < -0.3 is 10.6 Å². The number of hydrogen-bond acceptors (Lipinski definition) is 2. The molecule has 16 heavy (non-hydrogen) atoms. The van der Waals surface area contributed by atoms with Gasteiger partial charge in [-0.2, -0.15) is 0 Å². The smallest absolute Gasteiger partial charge is 0.243 e. The molecule has 1 amide bonds. The lowest BCUT2D eigenvalue weighted by molar-refractivity contribution is -0.135. The van der Waals surface area contributed by atoms with Crippen molar-refractivity contribution in [2.24, 2.45) is 5.73 Å². The van der Waals surface area contributed by atoms with Crippen LogP contribution in [-0.2, 0) is 4.79 Å². The van der Waals surface area contributed by atoms with Crippen LogP contribution in [0.15, 0.2) is 25.3 Å². The van der Waals surface area contributed by atoms with Crippen LogP contribution in [-0.4, -0.2) is 29.4 Å². The molecular formula is C12H21ClN2O. The van der Waals surface area contributed by atoms with Crippen molar-refractivity contribution < 1.29 is 4.79 Å². The standard InChI is InChI=1S/C12H20N2O.ClH/c1-3-9-14(10-4-2)11(15)12(13)7-5-6-8-12;/h3-4H,1-2,5-10,13H2;1H.